The van der Waals surface area contributed by atoms with Crippen molar-refractivity contribution in [2.45, 2.75) is 25.9 Å². The molecule has 3 N–H and O–H groups in total. The smallest absolute Gasteiger partial charge is 0.320 e. The molecule has 7 nitrogen and oxygen atoms in total. The minimum Gasteiger partial charge on any atom is -0.388 e. The number of anilines is 1. The fourth-order valence-corrected chi connectivity index (χ4v) is 1.57. The molecule has 0 saturated heterocycles. The van der Waals surface area contributed by atoms with Crippen molar-refractivity contribution in [1.82, 2.24) is 15.1 Å². The number of ether oxygens (including phenoxy) is 1. The number of hydrogen-bond acceptors (Lipinski definition) is 4. The number of methoxy groups -OCH3 is 1. The maximum Gasteiger partial charge on any atom is 0.320 e. The normalized spacial score (nSPS) is 13.9. The molecule has 19 heavy (non-hydrogen) atoms. The van der Waals surface area contributed by atoms with Crippen LogP contribution in [0.3, 0.4) is 0 Å². The van der Waals surface area contributed by atoms with Gasteiger partial charge in [-0.1, -0.05) is 0 Å². The molecule has 0 saturated carbocycles. The van der Waals surface area contributed by atoms with Crippen molar-refractivity contribution in [3.05, 3.63) is 11.8 Å². The number of aliphatic hydroxyl groups is 1. The predicted octanol–water partition coefficient (Wildman–Crippen LogP) is 0.638. The standard InChI is InChI=1S/C12H22N4O3/c1-9-7-10(16(3)15-9)14-11(17)13-8-12(2,18)5-6-19-4/h7,18H,5-6,8H2,1-4H3,(H2,13,14,17). The molecule has 0 fully saturated rings. The van der Waals surface area contributed by atoms with E-state index in [4.69, 9.17) is 4.74 Å². The van der Waals surface area contributed by atoms with E-state index in [2.05, 4.69) is 15.7 Å². The first kappa shape index (κ1) is 15.5. The Kier molecular flexibility index (Phi) is 5.31. The van der Waals surface area contributed by atoms with E-state index in [-0.39, 0.29) is 12.6 Å². The molecular weight excluding hydrogens is 248 g/mol. The highest BCUT2D eigenvalue weighted by atomic mass is 16.5. The Labute approximate surface area is 112 Å². The third-order valence-electron chi connectivity index (χ3n) is 2.72. The van der Waals surface area contributed by atoms with E-state index >= 15 is 0 Å². The number of aromatic nitrogens is 2. The summed E-state index contributed by atoms with van der Waals surface area (Å²) in [5.41, 5.74) is -0.166. The van der Waals surface area contributed by atoms with Crippen molar-refractivity contribution in [1.29, 1.82) is 0 Å². The van der Waals surface area contributed by atoms with Crippen LogP contribution in [0.1, 0.15) is 19.0 Å². The number of amides is 2. The van der Waals surface area contributed by atoms with Gasteiger partial charge >= 0.3 is 6.03 Å². The Morgan fingerprint density at radius 2 is 2.32 bits per heavy atom. The average Bonchev–Trinajstić information content (AvgIpc) is 2.63. The molecule has 0 radical (unpaired) electrons. The van der Waals surface area contributed by atoms with Crippen LogP contribution in [0, 0.1) is 6.92 Å². The lowest BCUT2D eigenvalue weighted by molar-refractivity contribution is 0.0273. The maximum atomic E-state index is 11.7. The van der Waals surface area contributed by atoms with E-state index in [1.165, 1.54) is 0 Å². The van der Waals surface area contributed by atoms with E-state index in [0.717, 1.165) is 5.69 Å². The highest BCUT2D eigenvalue weighted by Crippen LogP contribution is 2.09. The summed E-state index contributed by atoms with van der Waals surface area (Å²) in [4.78, 5) is 11.7. The third-order valence-corrected chi connectivity index (χ3v) is 2.72. The molecule has 1 heterocycles. The lowest BCUT2D eigenvalue weighted by Crippen LogP contribution is -2.43. The molecule has 0 aliphatic rings. The fraction of sp³-hybridized carbons (Fsp3) is 0.667. The molecule has 1 unspecified atom stereocenters. The molecule has 2 amide bonds. The van der Waals surface area contributed by atoms with Crippen molar-refractivity contribution in [2.75, 3.05) is 25.6 Å². The van der Waals surface area contributed by atoms with Gasteiger partial charge in [-0.05, 0) is 13.8 Å². The van der Waals surface area contributed by atoms with Gasteiger partial charge in [-0.3, -0.25) is 10.00 Å². The van der Waals surface area contributed by atoms with Gasteiger partial charge in [0.15, 0.2) is 0 Å². The number of nitrogens with zero attached hydrogens (tertiary/aromatic N) is 2. The predicted molar refractivity (Wildman–Crippen MR) is 72.1 cm³/mol. The number of hydrogen-bond donors (Lipinski definition) is 3. The molecule has 7 heteroatoms. The summed E-state index contributed by atoms with van der Waals surface area (Å²) >= 11 is 0. The van der Waals surface area contributed by atoms with Gasteiger partial charge in [-0.15, -0.1) is 0 Å². The minimum atomic E-state index is -0.990. The van der Waals surface area contributed by atoms with Gasteiger partial charge in [-0.25, -0.2) is 4.79 Å². The minimum absolute atomic E-state index is 0.152. The molecule has 1 aromatic rings. The van der Waals surface area contributed by atoms with E-state index in [1.54, 1.807) is 31.8 Å². The molecule has 0 aliphatic carbocycles. The summed E-state index contributed by atoms with van der Waals surface area (Å²) in [6.07, 6.45) is 0.453. The van der Waals surface area contributed by atoms with Gasteiger partial charge in [-0.2, -0.15) is 5.10 Å². The molecule has 1 atom stereocenters. The van der Waals surface area contributed by atoms with Gasteiger partial charge in [0, 0.05) is 39.8 Å². The van der Waals surface area contributed by atoms with Gasteiger partial charge in [0.1, 0.15) is 5.82 Å². The molecule has 0 aliphatic heterocycles. The average molecular weight is 270 g/mol. The van der Waals surface area contributed by atoms with Gasteiger partial charge < -0.3 is 15.2 Å². The second-order valence-corrected chi connectivity index (χ2v) is 4.84. The number of urea groups is 1. The van der Waals surface area contributed by atoms with Crippen LogP contribution in [0.5, 0.6) is 0 Å². The number of nitrogens with one attached hydrogen (secondary N) is 2. The zero-order valence-corrected chi connectivity index (χ0v) is 11.9. The Bertz CT molecular complexity index is 429. The number of carbonyl (C=O) groups is 1. The molecular formula is C12H22N4O3. The van der Waals surface area contributed by atoms with Crippen LogP contribution in [-0.2, 0) is 11.8 Å². The van der Waals surface area contributed by atoms with Gasteiger partial charge in [0.25, 0.3) is 0 Å². The molecule has 1 rings (SSSR count). The first-order valence-corrected chi connectivity index (χ1v) is 6.11. The lowest BCUT2D eigenvalue weighted by atomic mass is 10.0. The number of carbonyl (C=O) groups excluding carboxylic acids is 1. The van der Waals surface area contributed by atoms with Crippen molar-refractivity contribution in [3.8, 4) is 0 Å². The molecule has 0 aromatic carbocycles. The van der Waals surface area contributed by atoms with Crippen LogP contribution in [-0.4, -0.2) is 46.8 Å². The molecule has 0 spiro atoms. The Morgan fingerprint density at radius 3 is 2.84 bits per heavy atom. The van der Waals surface area contributed by atoms with Crippen LogP contribution in [0.15, 0.2) is 6.07 Å². The van der Waals surface area contributed by atoms with Crippen molar-refractivity contribution >= 4 is 11.8 Å². The largest absolute Gasteiger partial charge is 0.388 e. The maximum absolute atomic E-state index is 11.7. The summed E-state index contributed by atoms with van der Waals surface area (Å²) < 4.78 is 6.48. The quantitative estimate of drug-likeness (QED) is 0.707. The fourth-order valence-electron chi connectivity index (χ4n) is 1.57. The summed E-state index contributed by atoms with van der Waals surface area (Å²) in [6, 6.07) is 1.39. The number of aryl methyl sites for hydroxylation is 2. The highest BCUT2D eigenvalue weighted by molar-refractivity contribution is 5.88. The number of rotatable bonds is 6. The van der Waals surface area contributed by atoms with Crippen LogP contribution < -0.4 is 10.6 Å². The summed E-state index contributed by atoms with van der Waals surface area (Å²) in [6.45, 7) is 4.09. The van der Waals surface area contributed by atoms with Crippen molar-refractivity contribution in [3.63, 3.8) is 0 Å². The molecule has 108 valence electrons. The van der Waals surface area contributed by atoms with Crippen LogP contribution in [0.2, 0.25) is 0 Å². The Morgan fingerprint density at radius 1 is 1.63 bits per heavy atom. The Hall–Kier alpha value is -1.60. The zero-order chi connectivity index (χ0) is 14.5. The van der Waals surface area contributed by atoms with Crippen molar-refractivity contribution < 1.29 is 14.6 Å². The summed E-state index contributed by atoms with van der Waals surface area (Å²) in [5, 5.41) is 19.4. The van der Waals surface area contributed by atoms with E-state index in [9.17, 15) is 9.90 Å². The van der Waals surface area contributed by atoms with E-state index in [0.29, 0.717) is 18.8 Å². The SMILES string of the molecule is COCCC(C)(O)CNC(=O)Nc1cc(C)nn1C. The second kappa shape index (κ2) is 6.53. The van der Waals surface area contributed by atoms with Gasteiger partial charge in [0.2, 0.25) is 0 Å². The second-order valence-electron chi connectivity index (χ2n) is 4.84. The molecule has 1 aromatic heterocycles. The summed E-state index contributed by atoms with van der Waals surface area (Å²) in [7, 11) is 3.32. The Balaban J connectivity index is 2.41. The van der Waals surface area contributed by atoms with Crippen LogP contribution in [0.25, 0.3) is 0 Å². The lowest BCUT2D eigenvalue weighted by Gasteiger charge is -2.23. The summed E-state index contributed by atoms with van der Waals surface area (Å²) in [5.74, 6) is 0.603. The zero-order valence-electron chi connectivity index (χ0n) is 11.9. The first-order valence-electron chi connectivity index (χ1n) is 6.11. The van der Waals surface area contributed by atoms with Gasteiger partial charge in [0.05, 0.1) is 11.3 Å². The monoisotopic (exact) mass is 270 g/mol. The third kappa shape index (κ3) is 5.27. The first-order chi connectivity index (χ1) is 8.84. The van der Waals surface area contributed by atoms with Crippen molar-refractivity contribution in [2.24, 2.45) is 7.05 Å². The van der Waals surface area contributed by atoms with Crippen LogP contribution >= 0.6 is 0 Å². The van der Waals surface area contributed by atoms with E-state index < -0.39 is 5.60 Å². The molecule has 0 bridgehead atoms. The highest BCUT2D eigenvalue weighted by Gasteiger charge is 2.21. The topological polar surface area (TPSA) is 88.4 Å². The van der Waals surface area contributed by atoms with Crippen LogP contribution in [0.4, 0.5) is 10.6 Å². The van der Waals surface area contributed by atoms with E-state index in [1.807, 2.05) is 6.92 Å².